The van der Waals surface area contributed by atoms with E-state index in [4.69, 9.17) is 10.8 Å². The molecule has 6 nitrogen and oxygen atoms in total. The second kappa shape index (κ2) is 7.25. The van der Waals surface area contributed by atoms with Crippen molar-refractivity contribution in [3.05, 3.63) is 17.5 Å². The van der Waals surface area contributed by atoms with E-state index in [0.29, 0.717) is 18.7 Å². The van der Waals surface area contributed by atoms with Crippen molar-refractivity contribution in [2.75, 3.05) is 19.7 Å². The number of aryl methyl sites for hydroxylation is 1. The predicted molar refractivity (Wildman–Crippen MR) is 73.9 cm³/mol. The van der Waals surface area contributed by atoms with Crippen molar-refractivity contribution < 1.29 is 9.90 Å². The van der Waals surface area contributed by atoms with Crippen LogP contribution in [-0.4, -0.2) is 51.4 Å². The predicted octanol–water partition coefficient (Wildman–Crippen LogP) is 0.383. The lowest BCUT2D eigenvalue weighted by Gasteiger charge is -2.25. The second-order valence-electron chi connectivity index (χ2n) is 4.82. The summed E-state index contributed by atoms with van der Waals surface area (Å²) in [6.45, 7) is 7.37. The lowest BCUT2D eigenvalue weighted by atomic mass is 10.2. The summed E-state index contributed by atoms with van der Waals surface area (Å²) in [4.78, 5) is 14.1. The van der Waals surface area contributed by atoms with E-state index in [0.717, 1.165) is 18.7 Å². The van der Waals surface area contributed by atoms with Crippen LogP contribution in [-0.2, 0) is 6.54 Å². The highest BCUT2D eigenvalue weighted by atomic mass is 16.3. The molecule has 19 heavy (non-hydrogen) atoms. The third-order valence-electron chi connectivity index (χ3n) is 3.13. The number of carbonyl (C=O) groups excluding carboxylic acids is 1. The number of hydrogen-bond donors (Lipinski definition) is 2. The number of amides is 1. The highest BCUT2D eigenvalue weighted by Gasteiger charge is 2.22. The molecular weight excluding hydrogens is 244 g/mol. The van der Waals surface area contributed by atoms with Gasteiger partial charge < -0.3 is 15.7 Å². The summed E-state index contributed by atoms with van der Waals surface area (Å²) in [5.41, 5.74) is 6.92. The van der Waals surface area contributed by atoms with Gasteiger partial charge in [-0.05, 0) is 33.7 Å². The molecule has 1 amide bonds. The average Bonchev–Trinajstić information content (AvgIpc) is 2.73. The third-order valence-corrected chi connectivity index (χ3v) is 3.13. The van der Waals surface area contributed by atoms with Crippen molar-refractivity contribution >= 4 is 5.91 Å². The van der Waals surface area contributed by atoms with Crippen LogP contribution in [0.25, 0.3) is 0 Å². The minimum absolute atomic E-state index is 0.0374. The monoisotopic (exact) mass is 268 g/mol. The quantitative estimate of drug-likeness (QED) is 0.749. The van der Waals surface area contributed by atoms with Gasteiger partial charge in [-0.2, -0.15) is 5.10 Å². The van der Waals surface area contributed by atoms with Crippen LogP contribution in [0.3, 0.4) is 0 Å². The Morgan fingerprint density at radius 1 is 1.58 bits per heavy atom. The molecule has 0 aliphatic heterocycles. The largest absolute Gasteiger partial charge is 0.395 e. The van der Waals surface area contributed by atoms with Gasteiger partial charge in [0.05, 0.1) is 18.4 Å². The molecular formula is C13H24N4O2. The smallest absolute Gasteiger partial charge is 0.257 e. The lowest BCUT2D eigenvalue weighted by Crippen LogP contribution is -2.39. The molecule has 1 heterocycles. The Hall–Kier alpha value is -1.40. The van der Waals surface area contributed by atoms with Crippen molar-refractivity contribution in [3.8, 4) is 0 Å². The van der Waals surface area contributed by atoms with Crippen LogP contribution in [0.2, 0.25) is 0 Å². The Morgan fingerprint density at radius 3 is 2.79 bits per heavy atom. The number of hydrogen-bond acceptors (Lipinski definition) is 4. The molecule has 0 atom stereocenters. The van der Waals surface area contributed by atoms with Gasteiger partial charge in [-0.3, -0.25) is 9.48 Å². The normalized spacial score (nSPS) is 11.1. The second-order valence-corrected chi connectivity index (χ2v) is 4.82. The SMILES string of the molecule is Cc1c(C(=O)N(CCO)C(C)C)cnn1CCCN. The van der Waals surface area contributed by atoms with Crippen LogP contribution in [0.5, 0.6) is 0 Å². The number of aliphatic hydroxyl groups is 1. The maximum atomic E-state index is 12.4. The first-order valence-electron chi connectivity index (χ1n) is 6.67. The fourth-order valence-electron chi connectivity index (χ4n) is 1.98. The molecule has 1 aromatic heterocycles. The van der Waals surface area contributed by atoms with Gasteiger partial charge in [0, 0.05) is 24.8 Å². The molecule has 6 heteroatoms. The van der Waals surface area contributed by atoms with Gasteiger partial charge in [0.2, 0.25) is 0 Å². The zero-order chi connectivity index (χ0) is 14.4. The standard InChI is InChI=1S/C13H24N4O2/c1-10(2)16(7-8-18)13(19)12-9-15-17(11(12)3)6-4-5-14/h9-10,18H,4-8,14H2,1-3H3. The van der Waals surface area contributed by atoms with Crippen LogP contribution in [0.15, 0.2) is 6.20 Å². The third kappa shape index (κ3) is 3.78. The summed E-state index contributed by atoms with van der Waals surface area (Å²) in [6.07, 6.45) is 2.43. The van der Waals surface area contributed by atoms with E-state index in [1.54, 1.807) is 15.8 Å². The number of nitrogens with two attached hydrogens (primary N) is 1. The van der Waals surface area contributed by atoms with Gasteiger partial charge in [-0.1, -0.05) is 0 Å². The number of rotatable bonds is 7. The minimum Gasteiger partial charge on any atom is -0.395 e. The molecule has 0 unspecified atom stereocenters. The fourth-order valence-corrected chi connectivity index (χ4v) is 1.98. The van der Waals surface area contributed by atoms with Crippen LogP contribution >= 0.6 is 0 Å². The van der Waals surface area contributed by atoms with Crippen LogP contribution < -0.4 is 5.73 Å². The molecule has 0 spiro atoms. The van der Waals surface area contributed by atoms with Crippen molar-refractivity contribution in [1.29, 1.82) is 0 Å². The molecule has 1 aromatic rings. The Balaban J connectivity index is 2.89. The zero-order valence-electron chi connectivity index (χ0n) is 12.0. The van der Waals surface area contributed by atoms with Gasteiger partial charge in [0.25, 0.3) is 5.91 Å². The highest BCUT2D eigenvalue weighted by Crippen LogP contribution is 2.13. The maximum Gasteiger partial charge on any atom is 0.257 e. The van der Waals surface area contributed by atoms with Crippen LogP contribution in [0, 0.1) is 6.92 Å². The number of aromatic nitrogens is 2. The first kappa shape index (κ1) is 15.7. The molecule has 0 aliphatic carbocycles. The zero-order valence-corrected chi connectivity index (χ0v) is 12.0. The highest BCUT2D eigenvalue weighted by molar-refractivity contribution is 5.95. The lowest BCUT2D eigenvalue weighted by molar-refractivity contribution is 0.0664. The van der Waals surface area contributed by atoms with Crippen molar-refractivity contribution in [3.63, 3.8) is 0 Å². The molecule has 0 saturated carbocycles. The molecule has 0 aromatic carbocycles. The Kier molecular flexibility index (Phi) is 5.98. The van der Waals surface area contributed by atoms with Crippen molar-refractivity contribution in [2.24, 2.45) is 5.73 Å². The Morgan fingerprint density at radius 2 is 2.26 bits per heavy atom. The van der Waals surface area contributed by atoms with Gasteiger partial charge in [0.15, 0.2) is 0 Å². The van der Waals surface area contributed by atoms with E-state index in [1.165, 1.54) is 0 Å². The summed E-state index contributed by atoms with van der Waals surface area (Å²) < 4.78 is 1.80. The van der Waals surface area contributed by atoms with Gasteiger partial charge >= 0.3 is 0 Å². The fraction of sp³-hybridized carbons (Fsp3) is 0.692. The molecule has 0 bridgehead atoms. The maximum absolute atomic E-state index is 12.4. The number of carbonyl (C=O) groups is 1. The van der Waals surface area contributed by atoms with E-state index in [2.05, 4.69) is 5.10 Å². The van der Waals surface area contributed by atoms with Gasteiger partial charge in [-0.15, -0.1) is 0 Å². The Bertz CT molecular complexity index is 415. The molecule has 3 N–H and O–H groups in total. The molecule has 1 rings (SSSR count). The Labute approximate surface area is 114 Å². The van der Waals surface area contributed by atoms with E-state index in [1.807, 2.05) is 20.8 Å². The first-order chi connectivity index (χ1) is 9.02. The van der Waals surface area contributed by atoms with E-state index in [-0.39, 0.29) is 18.6 Å². The van der Waals surface area contributed by atoms with Gasteiger partial charge in [0.1, 0.15) is 0 Å². The molecule has 0 radical (unpaired) electrons. The van der Waals surface area contributed by atoms with Crippen molar-refractivity contribution in [2.45, 2.75) is 39.8 Å². The summed E-state index contributed by atoms with van der Waals surface area (Å²) in [5.74, 6) is -0.0828. The molecule has 0 aliphatic rings. The van der Waals surface area contributed by atoms with Crippen molar-refractivity contribution in [1.82, 2.24) is 14.7 Å². The molecule has 0 fully saturated rings. The first-order valence-corrected chi connectivity index (χ1v) is 6.67. The number of aliphatic hydroxyl groups excluding tert-OH is 1. The van der Waals surface area contributed by atoms with Gasteiger partial charge in [-0.25, -0.2) is 0 Å². The number of nitrogens with zero attached hydrogens (tertiary/aromatic N) is 3. The van der Waals surface area contributed by atoms with Crippen LogP contribution in [0.4, 0.5) is 0 Å². The molecule has 0 saturated heterocycles. The summed E-state index contributed by atoms with van der Waals surface area (Å²) in [5, 5.41) is 13.3. The summed E-state index contributed by atoms with van der Waals surface area (Å²) >= 11 is 0. The van der Waals surface area contributed by atoms with Crippen LogP contribution in [0.1, 0.15) is 36.3 Å². The summed E-state index contributed by atoms with van der Waals surface area (Å²) in [6, 6.07) is 0.0476. The topological polar surface area (TPSA) is 84.4 Å². The summed E-state index contributed by atoms with van der Waals surface area (Å²) in [7, 11) is 0. The van der Waals surface area contributed by atoms with E-state index >= 15 is 0 Å². The van der Waals surface area contributed by atoms with E-state index < -0.39 is 0 Å². The molecule has 108 valence electrons. The average molecular weight is 268 g/mol. The minimum atomic E-state index is -0.0828. The van der Waals surface area contributed by atoms with E-state index in [9.17, 15) is 4.79 Å².